The van der Waals surface area contributed by atoms with E-state index in [1.165, 1.54) is 14.0 Å². The number of benzene rings is 1. The van der Waals surface area contributed by atoms with Crippen molar-refractivity contribution < 1.29 is 23.8 Å². The highest BCUT2D eigenvalue weighted by molar-refractivity contribution is 7.80. The molecule has 0 fully saturated rings. The van der Waals surface area contributed by atoms with Crippen LogP contribution >= 0.6 is 12.2 Å². The summed E-state index contributed by atoms with van der Waals surface area (Å²) in [6.07, 6.45) is 0. The van der Waals surface area contributed by atoms with E-state index in [9.17, 15) is 9.59 Å². The summed E-state index contributed by atoms with van der Waals surface area (Å²) in [6, 6.07) is 6.38. The molecule has 0 aromatic heterocycles. The van der Waals surface area contributed by atoms with E-state index in [1.54, 1.807) is 31.2 Å². The second-order valence-electron chi connectivity index (χ2n) is 5.36. The molecule has 1 aliphatic heterocycles. The predicted octanol–water partition coefficient (Wildman–Crippen LogP) is 1.59. The molecule has 7 nitrogen and oxygen atoms in total. The Labute approximate surface area is 151 Å². The lowest BCUT2D eigenvalue weighted by Gasteiger charge is -2.30. The second-order valence-corrected chi connectivity index (χ2v) is 5.77. The number of carbonyl (C=O) groups is 2. The summed E-state index contributed by atoms with van der Waals surface area (Å²) in [4.78, 5) is 23.5. The van der Waals surface area contributed by atoms with Crippen molar-refractivity contribution in [1.82, 2.24) is 10.6 Å². The number of methoxy groups -OCH3 is 1. The molecule has 2 rings (SSSR count). The van der Waals surface area contributed by atoms with E-state index in [-0.39, 0.29) is 6.61 Å². The van der Waals surface area contributed by atoms with Gasteiger partial charge in [0.05, 0.1) is 18.2 Å². The first-order valence-electron chi connectivity index (χ1n) is 7.65. The maximum absolute atomic E-state index is 12.5. The maximum atomic E-state index is 12.5. The molecule has 1 heterocycles. The third-order valence-electron chi connectivity index (χ3n) is 3.48. The zero-order chi connectivity index (χ0) is 18.4. The number of allylic oxidation sites excluding steroid dienone is 1. The molecule has 0 saturated heterocycles. The van der Waals surface area contributed by atoms with Crippen LogP contribution in [0.1, 0.15) is 25.5 Å². The lowest BCUT2D eigenvalue weighted by Crippen LogP contribution is -2.45. The van der Waals surface area contributed by atoms with Crippen molar-refractivity contribution in [1.29, 1.82) is 0 Å². The van der Waals surface area contributed by atoms with Gasteiger partial charge in [0, 0.05) is 19.7 Å². The van der Waals surface area contributed by atoms with Gasteiger partial charge in [-0.05, 0) is 36.8 Å². The maximum Gasteiger partial charge on any atom is 0.338 e. The SMILES string of the molecule is COCCOC(=O)C1=C(C)NC(=S)NC1c1ccc(OC(C)=O)cc1. The van der Waals surface area contributed by atoms with Crippen LogP contribution in [0.3, 0.4) is 0 Å². The highest BCUT2D eigenvalue weighted by Gasteiger charge is 2.30. The summed E-state index contributed by atoms with van der Waals surface area (Å²) < 4.78 is 15.2. The lowest BCUT2D eigenvalue weighted by atomic mass is 9.95. The van der Waals surface area contributed by atoms with Gasteiger partial charge in [-0.25, -0.2) is 4.79 Å². The van der Waals surface area contributed by atoms with Crippen LogP contribution < -0.4 is 15.4 Å². The van der Waals surface area contributed by atoms with Crippen LogP contribution in [-0.4, -0.2) is 37.4 Å². The number of nitrogens with one attached hydrogen (secondary N) is 2. The minimum atomic E-state index is -0.463. The molecule has 2 N–H and O–H groups in total. The Morgan fingerprint density at radius 1 is 1.20 bits per heavy atom. The Bertz CT molecular complexity index is 699. The molecule has 25 heavy (non-hydrogen) atoms. The predicted molar refractivity (Wildman–Crippen MR) is 94.9 cm³/mol. The van der Waals surface area contributed by atoms with Crippen molar-refractivity contribution in [3.63, 3.8) is 0 Å². The van der Waals surface area contributed by atoms with Gasteiger partial charge >= 0.3 is 11.9 Å². The summed E-state index contributed by atoms with van der Waals surface area (Å²) >= 11 is 5.19. The number of hydrogen-bond donors (Lipinski definition) is 2. The summed E-state index contributed by atoms with van der Waals surface area (Å²) in [5.74, 6) is -0.420. The van der Waals surface area contributed by atoms with Crippen LogP contribution in [0.2, 0.25) is 0 Å². The van der Waals surface area contributed by atoms with Crippen LogP contribution in [0.4, 0.5) is 0 Å². The fourth-order valence-corrected chi connectivity index (χ4v) is 2.68. The summed E-state index contributed by atoms with van der Waals surface area (Å²) in [6.45, 7) is 3.58. The number of hydrogen-bond acceptors (Lipinski definition) is 6. The molecule has 134 valence electrons. The lowest BCUT2D eigenvalue weighted by molar-refractivity contribution is -0.140. The monoisotopic (exact) mass is 364 g/mol. The van der Waals surface area contributed by atoms with E-state index in [1.807, 2.05) is 0 Å². The van der Waals surface area contributed by atoms with Crippen LogP contribution in [0, 0.1) is 0 Å². The van der Waals surface area contributed by atoms with Crippen molar-refractivity contribution in [3.05, 3.63) is 41.1 Å². The van der Waals surface area contributed by atoms with Crippen LogP contribution in [0.15, 0.2) is 35.5 Å². The molecule has 1 aliphatic rings. The van der Waals surface area contributed by atoms with Gasteiger partial charge in [-0.15, -0.1) is 0 Å². The summed E-state index contributed by atoms with van der Waals surface area (Å²) in [7, 11) is 1.54. The van der Waals surface area contributed by atoms with E-state index in [2.05, 4.69) is 10.6 Å². The molecule has 1 atom stereocenters. The number of esters is 2. The zero-order valence-corrected chi connectivity index (χ0v) is 15.1. The average molecular weight is 364 g/mol. The second kappa shape index (κ2) is 8.59. The molecule has 1 unspecified atom stereocenters. The van der Waals surface area contributed by atoms with Gasteiger partial charge in [-0.3, -0.25) is 4.79 Å². The van der Waals surface area contributed by atoms with Gasteiger partial charge in [-0.1, -0.05) is 12.1 Å². The number of rotatable bonds is 6. The molecule has 0 bridgehead atoms. The highest BCUT2D eigenvalue weighted by Crippen LogP contribution is 2.28. The Kier molecular flexibility index (Phi) is 6.49. The first kappa shape index (κ1) is 18.9. The molecule has 1 aromatic carbocycles. The molecular formula is C17H20N2O5S. The van der Waals surface area contributed by atoms with E-state index in [4.69, 9.17) is 26.4 Å². The fraction of sp³-hybridized carbons (Fsp3) is 0.353. The quantitative estimate of drug-likeness (QED) is 0.341. The minimum absolute atomic E-state index is 0.161. The molecule has 0 aliphatic carbocycles. The number of ether oxygens (including phenoxy) is 3. The van der Waals surface area contributed by atoms with Crippen LogP contribution in [0.5, 0.6) is 5.75 Å². The summed E-state index contributed by atoms with van der Waals surface area (Å²) in [5.41, 5.74) is 1.85. The molecule has 0 spiro atoms. The Morgan fingerprint density at radius 2 is 1.88 bits per heavy atom. The third kappa shape index (κ3) is 5.01. The Balaban J connectivity index is 2.25. The van der Waals surface area contributed by atoms with Crippen molar-refractivity contribution in [2.75, 3.05) is 20.3 Å². The molecule has 0 radical (unpaired) electrons. The average Bonchev–Trinajstić information content (AvgIpc) is 2.54. The van der Waals surface area contributed by atoms with E-state index in [0.717, 1.165) is 5.56 Å². The topological polar surface area (TPSA) is 85.9 Å². The van der Waals surface area contributed by atoms with Gasteiger partial charge in [-0.2, -0.15) is 0 Å². The fourth-order valence-electron chi connectivity index (χ4n) is 2.40. The van der Waals surface area contributed by atoms with Gasteiger partial charge in [0.25, 0.3) is 0 Å². The largest absolute Gasteiger partial charge is 0.460 e. The molecule has 1 aromatic rings. The number of thiocarbonyl (C=S) groups is 1. The van der Waals surface area contributed by atoms with Crippen molar-refractivity contribution in [2.24, 2.45) is 0 Å². The van der Waals surface area contributed by atoms with Crippen LogP contribution in [-0.2, 0) is 19.1 Å². The zero-order valence-electron chi connectivity index (χ0n) is 14.3. The minimum Gasteiger partial charge on any atom is -0.460 e. The van der Waals surface area contributed by atoms with Gasteiger partial charge in [0.1, 0.15) is 12.4 Å². The Morgan fingerprint density at radius 3 is 2.48 bits per heavy atom. The molecule has 0 amide bonds. The summed E-state index contributed by atoms with van der Waals surface area (Å²) in [5, 5.41) is 6.42. The standard InChI is InChI=1S/C17H20N2O5S/c1-10-14(16(21)23-9-8-22-3)15(19-17(25)18-10)12-4-6-13(7-5-12)24-11(2)20/h4-7,15H,8-9H2,1-3H3,(H2,18,19,25). The van der Waals surface area contributed by atoms with Crippen molar-refractivity contribution in [3.8, 4) is 5.75 Å². The normalized spacial score (nSPS) is 16.8. The molecule has 8 heteroatoms. The van der Waals surface area contributed by atoms with Crippen molar-refractivity contribution >= 4 is 29.3 Å². The van der Waals surface area contributed by atoms with Gasteiger partial charge in [0.15, 0.2) is 5.11 Å². The van der Waals surface area contributed by atoms with E-state index >= 15 is 0 Å². The van der Waals surface area contributed by atoms with Gasteiger partial charge < -0.3 is 24.8 Å². The van der Waals surface area contributed by atoms with Crippen LogP contribution in [0.25, 0.3) is 0 Å². The van der Waals surface area contributed by atoms with E-state index in [0.29, 0.717) is 28.7 Å². The highest BCUT2D eigenvalue weighted by atomic mass is 32.1. The van der Waals surface area contributed by atoms with E-state index < -0.39 is 18.0 Å². The Hall–Kier alpha value is -2.45. The first-order chi connectivity index (χ1) is 11.9. The molecular weight excluding hydrogens is 344 g/mol. The first-order valence-corrected chi connectivity index (χ1v) is 8.06. The molecule has 0 saturated carbocycles. The third-order valence-corrected chi connectivity index (χ3v) is 3.70. The smallest absolute Gasteiger partial charge is 0.338 e. The van der Waals surface area contributed by atoms with Gasteiger partial charge in [0.2, 0.25) is 0 Å². The number of carbonyl (C=O) groups excluding carboxylic acids is 2. The van der Waals surface area contributed by atoms with Crippen molar-refractivity contribution in [2.45, 2.75) is 19.9 Å².